The zero-order valence-corrected chi connectivity index (χ0v) is 7.52. The van der Waals surface area contributed by atoms with Gasteiger partial charge >= 0.3 is 5.69 Å². The monoisotopic (exact) mass is 198 g/mol. The van der Waals surface area contributed by atoms with Crippen LogP contribution in [0.3, 0.4) is 0 Å². The molecule has 0 aliphatic carbocycles. The Morgan fingerprint density at radius 2 is 2.21 bits per heavy atom. The number of phenols is 1. The van der Waals surface area contributed by atoms with Gasteiger partial charge in [0.2, 0.25) is 0 Å². The van der Waals surface area contributed by atoms with Crippen LogP contribution < -0.4 is 5.48 Å². The first-order valence-electron chi connectivity index (χ1n) is 4.01. The topological polar surface area (TPSA) is 95.6 Å². The molecule has 6 heteroatoms. The van der Waals surface area contributed by atoms with Crippen LogP contribution in [-0.4, -0.2) is 15.2 Å². The van der Waals surface area contributed by atoms with E-state index in [1.807, 2.05) is 0 Å². The number of nitro benzene ring substituents is 1. The lowest BCUT2D eigenvalue weighted by Crippen LogP contribution is -2.01. The maximum Gasteiger partial charge on any atom is 0.301 e. The molecule has 3 N–H and O–H groups in total. The second-order valence-electron chi connectivity index (χ2n) is 2.68. The van der Waals surface area contributed by atoms with E-state index in [9.17, 15) is 15.2 Å². The first-order valence-corrected chi connectivity index (χ1v) is 4.01. The Labute approximate surface area is 79.9 Å². The fourth-order valence-corrected chi connectivity index (χ4v) is 1.27. The van der Waals surface area contributed by atoms with Crippen molar-refractivity contribution in [1.82, 2.24) is 0 Å². The summed E-state index contributed by atoms with van der Waals surface area (Å²) in [5, 5.41) is 28.6. The van der Waals surface area contributed by atoms with Gasteiger partial charge in [-0.3, -0.25) is 20.8 Å². The minimum Gasteiger partial charge on any atom is -0.507 e. The van der Waals surface area contributed by atoms with Gasteiger partial charge in [0.25, 0.3) is 0 Å². The van der Waals surface area contributed by atoms with Gasteiger partial charge in [-0.05, 0) is 18.6 Å². The lowest BCUT2D eigenvalue weighted by atomic mass is 10.1. The Bertz CT molecular complexity index is 365. The standard InChI is InChI=1S/C8H10N2O4/c1-2-5-7(11)4-3-6(9-12)8(5)10(13)14/h3-4,9,11-12H,2H2,1H3. The highest BCUT2D eigenvalue weighted by Crippen LogP contribution is 2.34. The number of rotatable bonds is 3. The van der Waals surface area contributed by atoms with Crippen LogP contribution in [0.2, 0.25) is 0 Å². The van der Waals surface area contributed by atoms with E-state index in [0.29, 0.717) is 6.42 Å². The number of nitro groups is 1. The highest BCUT2D eigenvalue weighted by molar-refractivity contribution is 5.67. The number of hydrogen-bond donors (Lipinski definition) is 3. The molecule has 76 valence electrons. The zero-order chi connectivity index (χ0) is 10.7. The molecule has 0 fully saturated rings. The molecule has 0 aliphatic heterocycles. The van der Waals surface area contributed by atoms with Gasteiger partial charge in [0.15, 0.2) is 0 Å². The third-order valence-electron chi connectivity index (χ3n) is 1.91. The molecule has 6 nitrogen and oxygen atoms in total. The maximum absolute atomic E-state index is 10.7. The zero-order valence-electron chi connectivity index (χ0n) is 7.52. The summed E-state index contributed by atoms with van der Waals surface area (Å²) in [4.78, 5) is 10.0. The number of aromatic hydroxyl groups is 1. The van der Waals surface area contributed by atoms with E-state index in [0.717, 1.165) is 0 Å². The number of phenolic OH excluding ortho intramolecular Hbond substituents is 1. The fourth-order valence-electron chi connectivity index (χ4n) is 1.27. The summed E-state index contributed by atoms with van der Waals surface area (Å²) in [7, 11) is 0. The smallest absolute Gasteiger partial charge is 0.301 e. The molecule has 0 atom stereocenters. The molecular weight excluding hydrogens is 188 g/mol. The van der Waals surface area contributed by atoms with E-state index >= 15 is 0 Å². The van der Waals surface area contributed by atoms with Crippen LogP contribution >= 0.6 is 0 Å². The van der Waals surface area contributed by atoms with E-state index in [1.54, 1.807) is 12.4 Å². The van der Waals surface area contributed by atoms with Crippen molar-refractivity contribution in [2.75, 3.05) is 5.48 Å². The Hall–Kier alpha value is -1.82. The number of nitrogens with one attached hydrogen (secondary N) is 1. The van der Waals surface area contributed by atoms with Gasteiger partial charge in [-0.25, -0.2) is 0 Å². The first kappa shape index (κ1) is 10.3. The van der Waals surface area contributed by atoms with Gasteiger partial charge in [0.05, 0.1) is 10.5 Å². The van der Waals surface area contributed by atoms with E-state index in [-0.39, 0.29) is 22.7 Å². The average Bonchev–Trinajstić information content (AvgIpc) is 2.17. The normalized spacial score (nSPS) is 9.86. The molecule has 0 unspecified atom stereocenters. The molecule has 0 heterocycles. The Morgan fingerprint density at radius 3 is 2.64 bits per heavy atom. The Morgan fingerprint density at radius 1 is 1.57 bits per heavy atom. The van der Waals surface area contributed by atoms with E-state index in [1.165, 1.54) is 12.1 Å². The Balaban J connectivity index is 3.43. The minimum absolute atomic E-state index is 0.0235. The Kier molecular flexibility index (Phi) is 2.88. The molecule has 0 spiro atoms. The largest absolute Gasteiger partial charge is 0.507 e. The highest BCUT2D eigenvalue weighted by Gasteiger charge is 2.21. The summed E-state index contributed by atoms with van der Waals surface area (Å²) in [5.41, 5.74) is 1.61. The van der Waals surface area contributed by atoms with Gasteiger partial charge in [-0.15, -0.1) is 0 Å². The van der Waals surface area contributed by atoms with Crippen LogP contribution in [0.4, 0.5) is 11.4 Å². The van der Waals surface area contributed by atoms with Crippen molar-refractivity contribution in [3.63, 3.8) is 0 Å². The second-order valence-corrected chi connectivity index (χ2v) is 2.68. The minimum atomic E-state index is -0.642. The van der Waals surface area contributed by atoms with Crippen LogP contribution in [-0.2, 0) is 6.42 Å². The van der Waals surface area contributed by atoms with Crippen LogP contribution in [0.15, 0.2) is 12.1 Å². The van der Waals surface area contributed by atoms with Crippen molar-refractivity contribution in [2.24, 2.45) is 0 Å². The van der Waals surface area contributed by atoms with Crippen molar-refractivity contribution in [2.45, 2.75) is 13.3 Å². The third kappa shape index (κ3) is 1.60. The predicted octanol–water partition coefficient (Wildman–Crippen LogP) is 1.66. The van der Waals surface area contributed by atoms with E-state index in [4.69, 9.17) is 5.21 Å². The van der Waals surface area contributed by atoms with Gasteiger partial charge in [0.1, 0.15) is 11.4 Å². The van der Waals surface area contributed by atoms with Crippen LogP contribution in [0.5, 0.6) is 5.75 Å². The van der Waals surface area contributed by atoms with Crippen LogP contribution in [0.1, 0.15) is 12.5 Å². The quantitative estimate of drug-likeness (QED) is 0.390. The summed E-state index contributed by atoms with van der Waals surface area (Å²) in [6, 6.07) is 2.54. The molecule has 0 aromatic heterocycles. The molecule has 1 aromatic carbocycles. The summed E-state index contributed by atoms with van der Waals surface area (Å²) >= 11 is 0. The second kappa shape index (κ2) is 3.93. The lowest BCUT2D eigenvalue weighted by molar-refractivity contribution is -0.384. The predicted molar refractivity (Wildman–Crippen MR) is 49.5 cm³/mol. The number of anilines is 1. The van der Waals surface area contributed by atoms with Crippen molar-refractivity contribution in [3.05, 3.63) is 27.8 Å². The maximum atomic E-state index is 10.7. The number of benzene rings is 1. The summed E-state index contributed by atoms with van der Waals surface area (Å²) in [6.07, 6.45) is 0.317. The van der Waals surface area contributed by atoms with Crippen LogP contribution in [0.25, 0.3) is 0 Å². The highest BCUT2D eigenvalue weighted by atomic mass is 16.6. The van der Waals surface area contributed by atoms with Gasteiger partial charge in [-0.2, -0.15) is 0 Å². The summed E-state index contributed by atoms with van der Waals surface area (Å²) < 4.78 is 0. The molecule has 0 saturated carbocycles. The average molecular weight is 198 g/mol. The molecule has 0 saturated heterocycles. The molecule has 0 aliphatic rings. The fraction of sp³-hybridized carbons (Fsp3) is 0.250. The van der Waals surface area contributed by atoms with Crippen LogP contribution in [0, 0.1) is 10.1 Å². The van der Waals surface area contributed by atoms with Gasteiger partial charge in [0, 0.05) is 0 Å². The first-order chi connectivity index (χ1) is 6.61. The number of hydrogen-bond acceptors (Lipinski definition) is 5. The van der Waals surface area contributed by atoms with Crippen molar-refractivity contribution < 1.29 is 15.2 Å². The lowest BCUT2D eigenvalue weighted by Gasteiger charge is -2.06. The number of nitrogens with zero attached hydrogens (tertiary/aromatic N) is 1. The summed E-state index contributed by atoms with van der Waals surface area (Å²) in [6.45, 7) is 1.68. The van der Waals surface area contributed by atoms with Crippen molar-refractivity contribution in [3.8, 4) is 5.75 Å². The molecule has 1 rings (SSSR count). The van der Waals surface area contributed by atoms with Crippen molar-refractivity contribution >= 4 is 11.4 Å². The molecule has 0 radical (unpaired) electrons. The molecule has 1 aromatic rings. The van der Waals surface area contributed by atoms with E-state index < -0.39 is 4.92 Å². The van der Waals surface area contributed by atoms with Crippen molar-refractivity contribution in [1.29, 1.82) is 0 Å². The van der Waals surface area contributed by atoms with Gasteiger partial charge in [-0.1, -0.05) is 6.92 Å². The molecule has 14 heavy (non-hydrogen) atoms. The van der Waals surface area contributed by atoms with E-state index in [2.05, 4.69) is 0 Å². The SMILES string of the molecule is CCc1c(O)ccc(NO)c1[N+](=O)[O-]. The molecule has 0 amide bonds. The third-order valence-corrected chi connectivity index (χ3v) is 1.91. The molecule has 0 bridgehead atoms. The summed E-state index contributed by atoms with van der Waals surface area (Å²) in [5.74, 6) is -0.141. The van der Waals surface area contributed by atoms with Gasteiger partial charge < -0.3 is 5.11 Å². The molecular formula is C8H10N2O4.